The van der Waals surface area contributed by atoms with Crippen molar-refractivity contribution in [3.8, 4) is 11.5 Å². The minimum Gasteiger partial charge on any atom is -0.490 e. The van der Waals surface area contributed by atoms with Crippen molar-refractivity contribution >= 4 is 22.6 Å². The van der Waals surface area contributed by atoms with E-state index in [0.717, 1.165) is 24.0 Å². The van der Waals surface area contributed by atoms with Gasteiger partial charge in [0.2, 0.25) is 5.76 Å². The molecule has 0 spiro atoms. The number of ether oxygens (including phenoxy) is 2. The summed E-state index contributed by atoms with van der Waals surface area (Å²) in [5, 5.41) is 0.448. The van der Waals surface area contributed by atoms with Crippen molar-refractivity contribution < 1.29 is 18.7 Å². The quantitative estimate of drug-likeness (QED) is 0.270. The summed E-state index contributed by atoms with van der Waals surface area (Å²) in [6.45, 7) is 7.06. The van der Waals surface area contributed by atoms with Gasteiger partial charge >= 0.3 is 0 Å². The largest absolute Gasteiger partial charge is 0.490 e. The predicted octanol–water partition coefficient (Wildman–Crippen LogP) is 6.43. The van der Waals surface area contributed by atoms with Crippen molar-refractivity contribution in [3.05, 3.63) is 99.4 Å². The monoisotopic (exact) mass is 483 g/mol. The number of rotatable bonds is 8. The summed E-state index contributed by atoms with van der Waals surface area (Å²) in [7, 11) is 0. The molecular formula is C30H29NO5. The van der Waals surface area contributed by atoms with Crippen molar-refractivity contribution in [2.24, 2.45) is 0 Å². The highest BCUT2D eigenvalue weighted by atomic mass is 16.5. The van der Waals surface area contributed by atoms with Crippen LogP contribution in [0.2, 0.25) is 0 Å². The number of carbonyl (C=O) groups excluding carboxylic acids is 1. The first-order valence-corrected chi connectivity index (χ1v) is 12.4. The molecule has 36 heavy (non-hydrogen) atoms. The van der Waals surface area contributed by atoms with Crippen LogP contribution in [-0.2, 0) is 0 Å². The number of unbranched alkanes of at least 4 members (excludes halogenated alkanes) is 1. The molecule has 1 atom stereocenters. The maximum absolute atomic E-state index is 13.8. The SMILES string of the molecule is CCCCOc1ccc(C2c3c(oc4ccccc4c3=O)C(=O)N2c2ccc(C)cc2)cc1OCC. The zero-order valence-corrected chi connectivity index (χ0v) is 20.7. The molecule has 1 aliphatic heterocycles. The van der Waals surface area contributed by atoms with E-state index in [-0.39, 0.29) is 17.1 Å². The molecule has 3 aromatic carbocycles. The molecule has 0 saturated heterocycles. The fourth-order valence-electron chi connectivity index (χ4n) is 4.62. The molecule has 0 bridgehead atoms. The van der Waals surface area contributed by atoms with Crippen LogP contribution in [0.5, 0.6) is 11.5 Å². The van der Waals surface area contributed by atoms with Crippen LogP contribution in [0.1, 0.15) is 60.0 Å². The maximum atomic E-state index is 13.8. The number of fused-ring (bicyclic) bond motifs is 2. The lowest BCUT2D eigenvalue weighted by atomic mass is 9.97. The number of amides is 1. The molecule has 1 unspecified atom stereocenters. The summed E-state index contributed by atoms with van der Waals surface area (Å²) < 4.78 is 17.9. The van der Waals surface area contributed by atoms with Crippen LogP contribution in [0.4, 0.5) is 5.69 Å². The molecule has 6 nitrogen and oxygen atoms in total. The number of hydrogen-bond donors (Lipinski definition) is 0. The molecule has 0 aliphatic carbocycles. The fraction of sp³-hybridized carbons (Fsp3) is 0.267. The van der Waals surface area contributed by atoms with Crippen molar-refractivity contribution in [2.75, 3.05) is 18.1 Å². The Bertz CT molecular complexity index is 1470. The number of hydrogen-bond acceptors (Lipinski definition) is 5. The van der Waals surface area contributed by atoms with Gasteiger partial charge in [-0.3, -0.25) is 14.5 Å². The third kappa shape index (κ3) is 4.13. The van der Waals surface area contributed by atoms with Crippen LogP contribution in [0.3, 0.4) is 0 Å². The van der Waals surface area contributed by atoms with Gasteiger partial charge in [-0.1, -0.05) is 49.2 Å². The van der Waals surface area contributed by atoms with E-state index >= 15 is 0 Å². The van der Waals surface area contributed by atoms with E-state index in [2.05, 4.69) is 6.92 Å². The molecule has 0 N–H and O–H groups in total. The Balaban J connectivity index is 1.70. The third-order valence-corrected chi connectivity index (χ3v) is 6.43. The lowest BCUT2D eigenvalue weighted by Gasteiger charge is -2.26. The minimum absolute atomic E-state index is 0.0745. The molecular weight excluding hydrogens is 454 g/mol. The van der Waals surface area contributed by atoms with Crippen LogP contribution in [-0.4, -0.2) is 19.1 Å². The van der Waals surface area contributed by atoms with Gasteiger partial charge in [0.1, 0.15) is 5.58 Å². The van der Waals surface area contributed by atoms with Crippen molar-refractivity contribution in [1.29, 1.82) is 0 Å². The number of carbonyl (C=O) groups is 1. The Morgan fingerprint density at radius 1 is 0.917 bits per heavy atom. The van der Waals surface area contributed by atoms with Gasteiger partial charge in [-0.05, 0) is 62.2 Å². The van der Waals surface area contributed by atoms with E-state index in [1.807, 2.05) is 56.3 Å². The van der Waals surface area contributed by atoms with Gasteiger partial charge < -0.3 is 13.9 Å². The molecule has 1 amide bonds. The zero-order valence-electron chi connectivity index (χ0n) is 20.7. The Morgan fingerprint density at radius 3 is 2.44 bits per heavy atom. The number of para-hydroxylation sites is 1. The highest BCUT2D eigenvalue weighted by Crippen LogP contribution is 2.43. The zero-order chi connectivity index (χ0) is 25.2. The predicted molar refractivity (Wildman–Crippen MR) is 140 cm³/mol. The third-order valence-electron chi connectivity index (χ3n) is 6.43. The number of nitrogens with zero attached hydrogens (tertiary/aromatic N) is 1. The summed E-state index contributed by atoms with van der Waals surface area (Å²) in [4.78, 5) is 29.1. The van der Waals surface area contributed by atoms with E-state index in [1.165, 1.54) is 0 Å². The van der Waals surface area contributed by atoms with Gasteiger partial charge in [-0.15, -0.1) is 0 Å². The van der Waals surface area contributed by atoms with Gasteiger partial charge in [-0.2, -0.15) is 0 Å². The highest BCUT2D eigenvalue weighted by molar-refractivity contribution is 6.10. The second-order valence-corrected chi connectivity index (χ2v) is 8.92. The average Bonchev–Trinajstić information content (AvgIpc) is 3.18. The van der Waals surface area contributed by atoms with Gasteiger partial charge in [0, 0.05) is 5.69 Å². The van der Waals surface area contributed by atoms with E-state index in [0.29, 0.717) is 46.9 Å². The first-order valence-electron chi connectivity index (χ1n) is 12.4. The van der Waals surface area contributed by atoms with Crippen molar-refractivity contribution in [1.82, 2.24) is 0 Å². The van der Waals surface area contributed by atoms with Gasteiger partial charge in [0.05, 0.1) is 30.2 Å². The second-order valence-electron chi connectivity index (χ2n) is 8.92. The van der Waals surface area contributed by atoms with Gasteiger partial charge in [-0.25, -0.2) is 0 Å². The molecule has 2 heterocycles. The first kappa shape index (κ1) is 23.7. The first-order chi connectivity index (χ1) is 17.5. The van der Waals surface area contributed by atoms with Crippen LogP contribution in [0.15, 0.2) is 75.9 Å². The van der Waals surface area contributed by atoms with E-state index in [1.54, 1.807) is 29.2 Å². The van der Waals surface area contributed by atoms with Crippen LogP contribution in [0, 0.1) is 6.92 Å². The summed E-state index contributed by atoms with van der Waals surface area (Å²) in [5.74, 6) is 0.959. The maximum Gasteiger partial charge on any atom is 0.295 e. The van der Waals surface area contributed by atoms with Crippen molar-refractivity contribution in [3.63, 3.8) is 0 Å². The molecule has 0 fully saturated rings. The molecule has 6 heteroatoms. The Kier molecular flexibility index (Phi) is 6.51. The summed E-state index contributed by atoms with van der Waals surface area (Å²) in [5.41, 5.74) is 3.03. The minimum atomic E-state index is -0.667. The molecule has 184 valence electrons. The van der Waals surface area contributed by atoms with E-state index in [4.69, 9.17) is 13.9 Å². The molecule has 1 aromatic heterocycles. The van der Waals surface area contributed by atoms with Crippen LogP contribution < -0.4 is 19.8 Å². The lowest BCUT2D eigenvalue weighted by Crippen LogP contribution is -2.29. The topological polar surface area (TPSA) is 69.0 Å². The van der Waals surface area contributed by atoms with E-state index < -0.39 is 6.04 Å². The molecule has 0 saturated carbocycles. The normalized spacial score (nSPS) is 14.8. The molecule has 5 rings (SSSR count). The lowest BCUT2D eigenvalue weighted by molar-refractivity contribution is 0.0971. The smallest absolute Gasteiger partial charge is 0.295 e. The summed E-state index contributed by atoms with van der Waals surface area (Å²) in [6, 6.07) is 19.7. The number of benzene rings is 3. The second kappa shape index (κ2) is 9.90. The Hall–Kier alpha value is -4.06. The Labute approximate surface area is 210 Å². The fourth-order valence-corrected chi connectivity index (χ4v) is 4.62. The van der Waals surface area contributed by atoms with Crippen LogP contribution >= 0.6 is 0 Å². The molecule has 0 radical (unpaired) electrons. The van der Waals surface area contributed by atoms with Crippen LogP contribution in [0.25, 0.3) is 11.0 Å². The van der Waals surface area contributed by atoms with Crippen molar-refractivity contribution in [2.45, 2.75) is 39.7 Å². The number of anilines is 1. The van der Waals surface area contributed by atoms with Gasteiger partial charge in [0.25, 0.3) is 5.91 Å². The summed E-state index contributed by atoms with van der Waals surface area (Å²) in [6.07, 6.45) is 1.96. The summed E-state index contributed by atoms with van der Waals surface area (Å²) >= 11 is 0. The highest BCUT2D eigenvalue weighted by Gasteiger charge is 2.43. The van der Waals surface area contributed by atoms with E-state index in [9.17, 15) is 9.59 Å². The standard InChI is InChI=1S/C30H29NO5/c1-4-6-17-35-24-16-13-20(18-25(24)34-5-2)27-26-28(32)22-9-7-8-10-23(22)36-29(26)30(33)31(27)21-14-11-19(3)12-15-21/h7-16,18,27H,4-6,17H2,1-3H3. The molecule has 4 aromatic rings. The van der Waals surface area contributed by atoms with Gasteiger partial charge in [0.15, 0.2) is 16.9 Å². The Morgan fingerprint density at radius 2 is 1.69 bits per heavy atom. The molecule has 1 aliphatic rings. The average molecular weight is 484 g/mol. The number of aryl methyl sites for hydroxylation is 1.